The molecule has 0 saturated carbocycles. The number of nitrogens with two attached hydrogens (primary N) is 5. The number of hydrogen-bond acceptors (Lipinski definition) is 6. The SMILES string of the molecule is NCCCNC(=O)C(CCCN(N)C(N)=O)N(N)C(N)=O. The van der Waals surface area contributed by atoms with Gasteiger partial charge in [-0.3, -0.25) is 14.8 Å². The molecule has 11 N–H and O–H groups in total. The number of nitrogens with zero attached hydrogens (tertiary/aromatic N) is 2. The zero-order chi connectivity index (χ0) is 16.4. The zero-order valence-corrected chi connectivity index (χ0v) is 11.8. The first-order chi connectivity index (χ1) is 9.81. The maximum Gasteiger partial charge on any atom is 0.329 e. The van der Waals surface area contributed by atoms with Crippen LogP contribution in [0, 0.1) is 0 Å². The molecule has 0 fully saturated rings. The van der Waals surface area contributed by atoms with E-state index in [-0.39, 0.29) is 13.0 Å². The van der Waals surface area contributed by atoms with Crippen molar-refractivity contribution in [3.8, 4) is 0 Å². The summed E-state index contributed by atoms with van der Waals surface area (Å²) in [7, 11) is 0. The van der Waals surface area contributed by atoms with Crippen LogP contribution in [0.4, 0.5) is 9.59 Å². The average Bonchev–Trinajstić information content (AvgIpc) is 2.42. The van der Waals surface area contributed by atoms with E-state index in [0.29, 0.717) is 30.9 Å². The third-order valence-electron chi connectivity index (χ3n) is 2.73. The van der Waals surface area contributed by atoms with Gasteiger partial charge in [-0.1, -0.05) is 0 Å². The molecule has 0 bridgehead atoms. The van der Waals surface area contributed by atoms with Gasteiger partial charge in [-0.2, -0.15) is 0 Å². The first-order valence-electron chi connectivity index (χ1n) is 6.44. The highest BCUT2D eigenvalue weighted by atomic mass is 16.2. The Balaban J connectivity index is 4.49. The van der Waals surface area contributed by atoms with Crippen molar-refractivity contribution in [2.24, 2.45) is 28.9 Å². The van der Waals surface area contributed by atoms with Crippen LogP contribution in [-0.2, 0) is 4.79 Å². The molecule has 122 valence electrons. The van der Waals surface area contributed by atoms with Crippen molar-refractivity contribution < 1.29 is 14.4 Å². The molecule has 0 saturated heterocycles. The minimum Gasteiger partial charge on any atom is -0.354 e. The summed E-state index contributed by atoms with van der Waals surface area (Å²) in [5.41, 5.74) is 15.3. The van der Waals surface area contributed by atoms with Gasteiger partial charge in [0.2, 0.25) is 5.91 Å². The van der Waals surface area contributed by atoms with Gasteiger partial charge in [0.25, 0.3) is 0 Å². The Kier molecular flexibility index (Phi) is 8.76. The molecule has 0 aromatic rings. The van der Waals surface area contributed by atoms with Crippen LogP contribution in [0.5, 0.6) is 0 Å². The number of hydrazine groups is 2. The van der Waals surface area contributed by atoms with Gasteiger partial charge in [0.15, 0.2) is 0 Å². The van der Waals surface area contributed by atoms with E-state index in [1.807, 2.05) is 0 Å². The molecule has 0 rings (SSSR count). The van der Waals surface area contributed by atoms with Crippen molar-refractivity contribution in [2.75, 3.05) is 19.6 Å². The van der Waals surface area contributed by atoms with Crippen LogP contribution >= 0.6 is 0 Å². The molecule has 0 aliphatic rings. The maximum atomic E-state index is 12.0. The molecule has 0 aromatic carbocycles. The number of hydrogen-bond donors (Lipinski definition) is 6. The molecular formula is C10H24N8O3. The van der Waals surface area contributed by atoms with E-state index in [2.05, 4.69) is 5.32 Å². The van der Waals surface area contributed by atoms with Crippen LogP contribution in [0.1, 0.15) is 19.3 Å². The summed E-state index contributed by atoms with van der Waals surface area (Å²) in [6.07, 6.45) is 1.09. The average molecular weight is 304 g/mol. The van der Waals surface area contributed by atoms with Gasteiger partial charge in [-0.25, -0.2) is 21.3 Å². The van der Waals surface area contributed by atoms with Gasteiger partial charge >= 0.3 is 12.1 Å². The summed E-state index contributed by atoms with van der Waals surface area (Å²) >= 11 is 0. The molecule has 1 unspecified atom stereocenters. The molecule has 5 amide bonds. The Hall–Kier alpha value is -2.11. The summed E-state index contributed by atoms with van der Waals surface area (Å²) in [5, 5.41) is 4.04. The van der Waals surface area contributed by atoms with Crippen molar-refractivity contribution >= 4 is 18.0 Å². The van der Waals surface area contributed by atoms with Crippen LogP contribution in [-0.4, -0.2) is 53.7 Å². The first-order valence-corrected chi connectivity index (χ1v) is 6.44. The molecule has 21 heavy (non-hydrogen) atoms. The lowest BCUT2D eigenvalue weighted by atomic mass is 10.1. The van der Waals surface area contributed by atoms with E-state index in [0.717, 1.165) is 5.01 Å². The second kappa shape index (κ2) is 9.74. The fourth-order valence-electron chi connectivity index (χ4n) is 1.55. The second-order valence-electron chi connectivity index (χ2n) is 4.37. The molecule has 0 spiro atoms. The maximum absolute atomic E-state index is 12.0. The fourth-order valence-corrected chi connectivity index (χ4v) is 1.55. The predicted molar refractivity (Wildman–Crippen MR) is 75.8 cm³/mol. The number of carbonyl (C=O) groups is 3. The monoisotopic (exact) mass is 304 g/mol. The zero-order valence-electron chi connectivity index (χ0n) is 11.8. The lowest BCUT2D eigenvalue weighted by Gasteiger charge is -2.25. The van der Waals surface area contributed by atoms with E-state index in [1.54, 1.807) is 0 Å². The summed E-state index contributed by atoms with van der Waals surface area (Å²) in [6, 6.07) is -2.69. The normalized spacial score (nSPS) is 11.6. The Bertz CT molecular complexity index is 364. The highest BCUT2D eigenvalue weighted by Gasteiger charge is 2.26. The number of urea groups is 2. The number of carbonyl (C=O) groups excluding carboxylic acids is 3. The first kappa shape index (κ1) is 18.9. The quantitative estimate of drug-likeness (QED) is 0.114. The number of nitrogens with one attached hydrogen (secondary N) is 1. The highest BCUT2D eigenvalue weighted by molar-refractivity contribution is 5.86. The largest absolute Gasteiger partial charge is 0.354 e. The van der Waals surface area contributed by atoms with Gasteiger partial charge in [0, 0.05) is 13.1 Å². The summed E-state index contributed by atoms with van der Waals surface area (Å²) in [5.74, 6) is 10.3. The lowest BCUT2D eigenvalue weighted by Crippen LogP contribution is -2.55. The molecule has 0 aliphatic carbocycles. The number of amides is 5. The molecule has 0 aliphatic heterocycles. The van der Waals surface area contributed by atoms with Crippen molar-refractivity contribution in [1.29, 1.82) is 0 Å². The lowest BCUT2D eigenvalue weighted by molar-refractivity contribution is -0.125. The molecule has 0 heterocycles. The van der Waals surface area contributed by atoms with Crippen LogP contribution in [0.3, 0.4) is 0 Å². The standard InChI is InChI=1S/C10H24N8O3/c11-4-2-5-16-8(19)7(18(15)10(13)21)3-1-6-17(14)9(12)20/h7H,1-6,11,14-15H2,(H2,12,20)(H2,13,21)(H,16,19). The van der Waals surface area contributed by atoms with Gasteiger partial charge in [0.1, 0.15) is 6.04 Å². The number of primary amides is 2. The molecule has 11 nitrogen and oxygen atoms in total. The summed E-state index contributed by atoms with van der Waals surface area (Å²) in [6.45, 7) is 0.908. The molecule has 1 atom stereocenters. The number of rotatable bonds is 9. The van der Waals surface area contributed by atoms with Crippen molar-refractivity contribution in [3.05, 3.63) is 0 Å². The summed E-state index contributed by atoms with van der Waals surface area (Å²) in [4.78, 5) is 33.8. The van der Waals surface area contributed by atoms with E-state index in [9.17, 15) is 14.4 Å². The molecule has 11 heteroatoms. The van der Waals surface area contributed by atoms with Crippen molar-refractivity contribution in [3.63, 3.8) is 0 Å². The fraction of sp³-hybridized carbons (Fsp3) is 0.700. The Morgan fingerprint density at radius 1 is 1.05 bits per heavy atom. The van der Waals surface area contributed by atoms with Crippen LogP contribution in [0.2, 0.25) is 0 Å². The van der Waals surface area contributed by atoms with Gasteiger partial charge in [-0.15, -0.1) is 0 Å². The Labute approximate surface area is 122 Å². The predicted octanol–water partition coefficient (Wildman–Crippen LogP) is -2.89. The van der Waals surface area contributed by atoms with Crippen molar-refractivity contribution in [2.45, 2.75) is 25.3 Å². The second-order valence-corrected chi connectivity index (χ2v) is 4.37. The minimum absolute atomic E-state index is 0.120. The highest BCUT2D eigenvalue weighted by Crippen LogP contribution is 2.05. The third kappa shape index (κ3) is 7.29. The van der Waals surface area contributed by atoms with Crippen molar-refractivity contribution in [1.82, 2.24) is 15.3 Å². The molecule has 0 aromatic heterocycles. The Morgan fingerprint density at radius 2 is 1.67 bits per heavy atom. The Morgan fingerprint density at radius 3 is 2.14 bits per heavy atom. The van der Waals surface area contributed by atoms with Crippen LogP contribution < -0.4 is 34.2 Å². The minimum atomic E-state index is -0.957. The topological polar surface area (TPSA) is 200 Å². The van der Waals surface area contributed by atoms with Gasteiger partial charge in [-0.05, 0) is 25.8 Å². The van der Waals surface area contributed by atoms with E-state index >= 15 is 0 Å². The van der Waals surface area contributed by atoms with E-state index in [1.165, 1.54) is 0 Å². The van der Waals surface area contributed by atoms with E-state index < -0.39 is 24.0 Å². The molecule has 0 radical (unpaired) electrons. The third-order valence-corrected chi connectivity index (χ3v) is 2.73. The van der Waals surface area contributed by atoms with Gasteiger partial charge < -0.3 is 22.5 Å². The van der Waals surface area contributed by atoms with Gasteiger partial charge in [0.05, 0.1) is 0 Å². The molecular weight excluding hydrogens is 280 g/mol. The summed E-state index contributed by atoms with van der Waals surface area (Å²) < 4.78 is 0. The van der Waals surface area contributed by atoms with Crippen LogP contribution in [0.15, 0.2) is 0 Å². The van der Waals surface area contributed by atoms with E-state index in [4.69, 9.17) is 28.9 Å². The van der Waals surface area contributed by atoms with Crippen LogP contribution in [0.25, 0.3) is 0 Å². The smallest absolute Gasteiger partial charge is 0.329 e.